The van der Waals surface area contributed by atoms with Gasteiger partial charge in [0.15, 0.2) is 5.82 Å². The third kappa shape index (κ3) is 5.88. The van der Waals surface area contributed by atoms with Gasteiger partial charge in [0, 0.05) is 7.05 Å². The molecule has 1 atom stereocenters. The smallest absolute Gasteiger partial charge is 0.416 e. The Morgan fingerprint density at radius 2 is 1.72 bits per heavy atom. The number of nitrogens with zero attached hydrogens (tertiary/aromatic N) is 4. The number of aromatic nitrogens is 4. The lowest BCUT2D eigenvalue weighted by atomic mass is 9.95. The van der Waals surface area contributed by atoms with Crippen molar-refractivity contribution >= 4 is 5.97 Å². The molecule has 0 amide bonds. The molecule has 0 aliphatic heterocycles. The average Bonchev–Trinajstić information content (AvgIpc) is 3.31. The summed E-state index contributed by atoms with van der Waals surface area (Å²) in [7, 11) is 3.04. The number of rotatable bonds is 8. The van der Waals surface area contributed by atoms with Crippen molar-refractivity contribution in [3.8, 4) is 16.9 Å². The zero-order valence-corrected chi connectivity index (χ0v) is 19.6. The number of tetrazole rings is 1. The summed E-state index contributed by atoms with van der Waals surface area (Å²) in [6, 6.07) is 19.8. The predicted molar refractivity (Wildman–Crippen MR) is 125 cm³/mol. The first-order chi connectivity index (χ1) is 17.2. The summed E-state index contributed by atoms with van der Waals surface area (Å²) in [4.78, 5) is 11.9. The Labute approximate surface area is 205 Å². The minimum Gasteiger partial charge on any atom is -0.489 e. The molecule has 0 aliphatic rings. The summed E-state index contributed by atoms with van der Waals surface area (Å²) in [5, 5.41) is 11.5. The highest BCUT2D eigenvalue weighted by atomic mass is 19.4. The molecule has 7 nitrogen and oxygen atoms in total. The van der Waals surface area contributed by atoms with Crippen molar-refractivity contribution < 1.29 is 27.4 Å². The Kier molecular flexibility index (Phi) is 7.33. The summed E-state index contributed by atoms with van der Waals surface area (Å²) in [6.45, 7) is 0.270. The van der Waals surface area contributed by atoms with Gasteiger partial charge in [0.2, 0.25) is 0 Å². The largest absolute Gasteiger partial charge is 0.489 e. The minimum absolute atomic E-state index is 0.0850. The monoisotopic (exact) mass is 496 g/mol. The molecular formula is C26H23F3N4O3. The van der Waals surface area contributed by atoms with Crippen LogP contribution in [-0.4, -0.2) is 33.3 Å². The van der Waals surface area contributed by atoms with Crippen LogP contribution in [-0.2, 0) is 29.4 Å². The fourth-order valence-electron chi connectivity index (χ4n) is 3.80. The second-order valence-corrected chi connectivity index (χ2v) is 8.13. The first-order valence-electron chi connectivity index (χ1n) is 11.0. The molecule has 0 saturated carbocycles. The predicted octanol–water partition coefficient (Wildman–Crippen LogP) is 5.17. The SMILES string of the molecule is COC(=O)CC(c1ccc(OCc2cccc(-c3ccc(C(F)(F)F)cc3)c2)cc1)c1nnnn1C. The summed E-state index contributed by atoms with van der Waals surface area (Å²) in [5.74, 6) is 0.393. The molecule has 186 valence electrons. The molecule has 1 unspecified atom stereocenters. The van der Waals surface area contributed by atoms with Gasteiger partial charge in [-0.3, -0.25) is 4.79 Å². The number of carbonyl (C=O) groups is 1. The van der Waals surface area contributed by atoms with E-state index < -0.39 is 11.7 Å². The number of ether oxygens (including phenoxy) is 2. The van der Waals surface area contributed by atoms with Crippen LogP contribution in [0.25, 0.3) is 11.1 Å². The molecule has 0 spiro atoms. The fraction of sp³-hybridized carbons (Fsp3) is 0.231. The molecule has 0 fully saturated rings. The number of benzene rings is 3. The van der Waals surface area contributed by atoms with Crippen LogP contribution < -0.4 is 4.74 Å². The standard InChI is InChI=1S/C26H23F3N4O3/c1-33-25(30-31-32-33)23(15-24(34)35-2)19-8-12-22(13-9-19)36-16-17-4-3-5-20(14-17)18-6-10-21(11-7-18)26(27,28)29/h3-14,23H,15-16H2,1-2H3. The van der Waals surface area contributed by atoms with E-state index in [0.717, 1.165) is 28.8 Å². The highest BCUT2D eigenvalue weighted by molar-refractivity contribution is 5.71. The quantitative estimate of drug-likeness (QED) is 0.313. The summed E-state index contributed by atoms with van der Waals surface area (Å²) in [6.07, 6.45) is -4.28. The molecule has 4 rings (SSSR count). The number of alkyl halides is 3. The normalized spacial score (nSPS) is 12.2. The van der Waals surface area contributed by atoms with Crippen molar-refractivity contribution in [1.29, 1.82) is 0 Å². The molecule has 0 aliphatic carbocycles. The maximum atomic E-state index is 12.8. The molecule has 36 heavy (non-hydrogen) atoms. The zero-order valence-electron chi connectivity index (χ0n) is 19.6. The fourth-order valence-corrected chi connectivity index (χ4v) is 3.80. The van der Waals surface area contributed by atoms with Crippen LogP contribution in [0.4, 0.5) is 13.2 Å². The second kappa shape index (κ2) is 10.6. The van der Waals surface area contributed by atoms with Crippen molar-refractivity contribution in [3.63, 3.8) is 0 Å². The van der Waals surface area contributed by atoms with Gasteiger partial charge in [-0.15, -0.1) is 5.10 Å². The molecule has 0 saturated heterocycles. The number of halogens is 3. The van der Waals surface area contributed by atoms with E-state index in [1.54, 1.807) is 19.2 Å². The van der Waals surface area contributed by atoms with Gasteiger partial charge in [-0.1, -0.05) is 42.5 Å². The highest BCUT2D eigenvalue weighted by Gasteiger charge is 2.30. The molecule has 4 aromatic rings. The van der Waals surface area contributed by atoms with Crippen molar-refractivity contribution in [1.82, 2.24) is 20.2 Å². The lowest BCUT2D eigenvalue weighted by Gasteiger charge is -2.15. The van der Waals surface area contributed by atoms with E-state index in [2.05, 4.69) is 15.5 Å². The van der Waals surface area contributed by atoms with Gasteiger partial charge in [0.25, 0.3) is 0 Å². The Morgan fingerprint density at radius 3 is 2.33 bits per heavy atom. The molecule has 1 heterocycles. The Bertz CT molecular complexity index is 1320. The van der Waals surface area contributed by atoms with Crippen molar-refractivity contribution in [2.75, 3.05) is 7.11 Å². The van der Waals surface area contributed by atoms with Gasteiger partial charge in [-0.2, -0.15) is 13.2 Å². The van der Waals surface area contributed by atoms with Gasteiger partial charge < -0.3 is 9.47 Å². The second-order valence-electron chi connectivity index (χ2n) is 8.13. The molecule has 0 N–H and O–H groups in total. The molecule has 0 bridgehead atoms. The van der Waals surface area contributed by atoms with Gasteiger partial charge in [-0.05, 0) is 63.0 Å². The number of carbonyl (C=O) groups excluding carboxylic acids is 1. The van der Waals surface area contributed by atoms with E-state index in [0.29, 0.717) is 17.1 Å². The third-order valence-electron chi connectivity index (χ3n) is 5.72. The van der Waals surface area contributed by atoms with E-state index in [9.17, 15) is 18.0 Å². The van der Waals surface area contributed by atoms with Crippen molar-refractivity contribution in [2.45, 2.75) is 25.1 Å². The topological polar surface area (TPSA) is 79.1 Å². The summed E-state index contributed by atoms with van der Waals surface area (Å²) < 4.78 is 50.7. The molecule has 0 radical (unpaired) electrons. The lowest BCUT2D eigenvalue weighted by molar-refractivity contribution is -0.141. The number of aryl methyl sites for hydroxylation is 1. The van der Waals surface area contributed by atoms with Crippen LogP contribution in [0.15, 0.2) is 72.8 Å². The van der Waals surface area contributed by atoms with Gasteiger partial charge in [0.1, 0.15) is 12.4 Å². The third-order valence-corrected chi connectivity index (χ3v) is 5.72. The molecule has 1 aromatic heterocycles. The number of hydrogen-bond acceptors (Lipinski definition) is 6. The zero-order chi connectivity index (χ0) is 25.7. The van der Waals surface area contributed by atoms with Crippen LogP contribution in [0.1, 0.15) is 34.9 Å². The van der Waals surface area contributed by atoms with Gasteiger partial charge >= 0.3 is 12.1 Å². The van der Waals surface area contributed by atoms with E-state index in [-0.39, 0.29) is 24.9 Å². The number of esters is 1. The van der Waals surface area contributed by atoms with E-state index >= 15 is 0 Å². The van der Waals surface area contributed by atoms with Gasteiger partial charge in [0.05, 0.1) is 25.0 Å². The van der Waals surface area contributed by atoms with Crippen LogP contribution in [0.5, 0.6) is 5.75 Å². The van der Waals surface area contributed by atoms with Crippen LogP contribution >= 0.6 is 0 Å². The molecule has 3 aromatic carbocycles. The average molecular weight is 496 g/mol. The van der Waals surface area contributed by atoms with Crippen LogP contribution in [0.2, 0.25) is 0 Å². The van der Waals surface area contributed by atoms with Crippen molar-refractivity contribution in [3.05, 3.63) is 95.3 Å². The maximum Gasteiger partial charge on any atom is 0.416 e. The summed E-state index contributed by atoms with van der Waals surface area (Å²) >= 11 is 0. The first-order valence-corrected chi connectivity index (χ1v) is 11.0. The van der Waals surface area contributed by atoms with Crippen molar-refractivity contribution in [2.24, 2.45) is 7.05 Å². The van der Waals surface area contributed by atoms with E-state index in [4.69, 9.17) is 9.47 Å². The lowest BCUT2D eigenvalue weighted by Crippen LogP contribution is -2.14. The Hall–Kier alpha value is -4.21. The van der Waals surface area contributed by atoms with Crippen LogP contribution in [0, 0.1) is 0 Å². The van der Waals surface area contributed by atoms with Gasteiger partial charge in [-0.25, -0.2) is 4.68 Å². The summed E-state index contributed by atoms with van der Waals surface area (Å²) in [5.41, 5.74) is 2.49. The van der Waals surface area contributed by atoms with E-state index in [1.807, 2.05) is 36.4 Å². The van der Waals surface area contributed by atoms with E-state index in [1.165, 1.54) is 23.9 Å². The highest BCUT2D eigenvalue weighted by Crippen LogP contribution is 2.31. The first kappa shape index (κ1) is 24.9. The number of methoxy groups -OCH3 is 1. The Morgan fingerprint density at radius 1 is 1.00 bits per heavy atom. The molecule has 10 heteroatoms. The number of hydrogen-bond donors (Lipinski definition) is 0. The van der Waals surface area contributed by atoms with Crippen LogP contribution in [0.3, 0.4) is 0 Å². The Balaban J connectivity index is 1.45. The molecular weight excluding hydrogens is 473 g/mol. The maximum absolute atomic E-state index is 12.8. The minimum atomic E-state index is -4.37.